The van der Waals surface area contributed by atoms with Gasteiger partial charge in [-0.25, -0.2) is 0 Å². The zero-order valence-electron chi connectivity index (χ0n) is 7.26. The average Bonchev–Trinajstić information content (AvgIpc) is 2.00. The molecule has 0 saturated heterocycles. The molecule has 0 aliphatic carbocycles. The maximum absolute atomic E-state index is 10.5. The summed E-state index contributed by atoms with van der Waals surface area (Å²) in [6.45, 7) is 7.88. The molecule has 3 N–H and O–H groups in total. The second-order valence-corrected chi connectivity index (χ2v) is 2.41. The Morgan fingerprint density at radius 1 is 1.50 bits per heavy atom. The maximum atomic E-state index is 10.5. The summed E-state index contributed by atoms with van der Waals surface area (Å²) in [5.41, 5.74) is 6.12. The third kappa shape index (κ3) is 4.46. The lowest BCUT2D eigenvalue weighted by Gasteiger charge is -1.96. The van der Waals surface area contributed by atoms with Crippen LogP contribution in [-0.4, -0.2) is 19.5 Å². The molecule has 3 heteroatoms. The van der Waals surface area contributed by atoms with E-state index in [1.807, 2.05) is 7.05 Å². The van der Waals surface area contributed by atoms with E-state index in [4.69, 9.17) is 5.73 Å². The zero-order valence-corrected chi connectivity index (χ0v) is 7.26. The monoisotopic (exact) mass is 166 g/mol. The van der Waals surface area contributed by atoms with Gasteiger partial charge in [0.25, 0.3) is 0 Å². The highest BCUT2D eigenvalue weighted by Gasteiger charge is 1.94. The van der Waals surface area contributed by atoms with Crippen molar-refractivity contribution in [3.8, 4) is 0 Å². The van der Waals surface area contributed by atoms with Gasteiger partial charge in [-0.15, -0.1) is 0 Å². The first-order valence-corrected chi connectivity index (χ1v) is 3.57. The Labute approximate surface area is 72.6 Å². The maximum Gasteiger partial charge on any atom is 0.248 e. The standard InChI is InChI=1S/C9H14N2O/c1-7(6-11-3)4-5-8(2)9(10)12/h4-5,11H,1-2,6H2,3H3,(H2,10,12)/b5-4-. The molecule has 0 aromatic heterocycles. The molecule has 0 aliphatic rings. The van der Waals surface area contributed by atoms with Crippen molar-refractivity contribution < 1.29 is 4.79 Å². The lowest BCUT2D eigenvalue weighted by molar-refractivity contribution is -0.114. The third-order valence-corrected chi connectivity index (χ3v) is 1.24. The van der Waals surface area contributed by atoms with Gasteiger partial charge < -0.3 is 11.1 Å². The highest BCUT2D eigenvalue weighted by atomic mass is 16.1. The van der Waals surface area contributed by atoms with Crippen LogP contribution in [0.4, 0.5) is 0 Å². The lowest BCUT2D eigenvalue weighted by atomic mass is 10.2. The normalized spacial score (nSPS) is 10.1. The number of carbonyl (C=O) groups excluding carboxylic acids is 1. The van der Waals surface area contributed by atoms with Crippen molar-refractivity contribution in [2.45, 2.75) is 0 Å². The molecular formula is C9H14N2O. The number of rotatable bonds is 5. The van der Waals surface area contributed by atoms with Crippen LogP contribution in [0.15, 0.2) is 36.5 Å². The van der Waals surface area contributed by atoms with Gasteiger partial charge >= 0.3 is 0 Å². The molecular weight excluding hydrogens is 152 g/mol. The Kier molecular flexibility index (Phi) is 4.72. The van der Waals surface area contributed by atoms with Gasteiger partial charge in [0.2, 0.25) is 5.91 Å². The minimum Gasteiger partial charge on any atom is -0.366 e. The zero-order chi connectivity index (χ0) is 9.56. The van der Waals surface area contributed by atoms with Crippen molar-refractivity contribution in [3.05, 3.63) is 36.5 Å². The van der Waals surface area contributed by atoms with E-state index in [0.29, 0.717) is 6.54 Å². The molecule has 0 aromatic carbocycles. The number of amides is 1. The number of carbonyl (C=O) groups is 1. The molecule has 0 heterocycles. The second-order valence-electron chi connectivity index (χ2n) is 2.41. The van der Waals surface area contributed by atoms with Crippen molar-refractivity contribution in [1.29, 1.82) is 0 Å². The van der Waals surface area contributed by atoms with E-state index in [0.717, 1.165) is 5.57 Å². The van der Waals surface area contributed by atoms with Crippen molar-refractivity contribution in [2.24, 2.45) is 5.73 Å². The molecule has 0 saturated carbocycles. The summed E-state index contributed by atoms with van der Waals surface area (Å²) in [6, 6.07) is 0. The fourth-order valence-electron chi connectivity index (χ4n) is 0.587. The number of primary amides is 1. The molecule has 66 valence electrons. The van der Waals surface area contributed by atoms with Crippen molar-refractivity contribution in [2.75, 3.05) is 13.6 Å². The van der Waals surface area contributed by atoms with Gasteiger partial charge in [0.05, 0.1) is 0 Å². The number of nitrogens with two attached hydrogens (primary N) is 1. The fraction of sp³-hybridized carbons (Fsp3) is 0.222. The molecule has 0 bridgehead atoms. The van der Waals surface area contributed by atoms with Crippen molar-refractivity contribution in [3.63, 3.8) is 0 Å². The Balaban J connectivity index is 3.98. The van der Waals surface area contributed by atoms with Crippen LogP contribution in [0.3, 0.4) is 0 Å². The van der Waals surface area contributed by atoms with E-state index in [1.165, 1.54) is 0 Å². The van der Waals surface area contributed by atoms with Crippen LogP contribution in [-0.2, 0) is 4.79 Å². The van der Waals surface area contributed by atoms with Gasteiger partial charge in [-0.2, -0.15) is 0 Å². The minimum absolute atomic E-state index is 0.284. The van der Waals surface area contributed by atoms with Gasteiger partial charge in [0.1, 0.15) is 0 Å². The summed E-state index contributed by atoms with van der Waals surface area (Å²) >= 11 is 0. The van der Waals surface area contributed by atoms with E-state index in [9.17, 15) is 4.79 Å². The van der Waals surface area contributed by atoms with E-state index in [-0.39, 0.29) is 5.57 Å². The molecule has 0 spiro atoms. The van der Waals surface area contributed by atoms with E-state index < -0.39 is 5.91 Å². The SMILES string of the molecule is C=C(/C=C\C(=C)C(N)=O)CNC. The van der Waals surface area contributed by atoms with Crippen LogP contribution in [0.5, 0.6) is 0 Å². The highest BCUT2D eigenvalue weighted by molar-refractivity contribution is 5.94. The summed E-state index contributed by atoms with van der Waals surface area (Å²) in [5.74, 6) is -0.511. The summed E-state index contributed by atoms with van der Waals surface area (Å²) in [6.07, 6.45) is 3.27. The molecule has 0 radical (unpaired) electrons. The molecule has 3 nitrogen and oxygen atoms in total. The Hall–Kier alpha value is -1.35. The number of nitrogens with one attached hydrogen (secondary N) is 1. The summed E-state index contributed by atoms with van der Waals surface area (Å²) in [5, 5.41) is 2.92. The topological polar surface area (TPSA) is 55.1 Å². The van der Waals surface area contributed by atoms with Gasteiger partial charge in [-0.3, -0.25) is 4.79 Å². The Bertz CT molecular complexity index is 229. The predicted octanol–water partition coefficient (Wildman–Crippen LogP) is 0.360. The molecule has 12 heavy (non-hydrogen) atoms. The summed E-state index contributed by atoms with van der Waals surface area (Å²) < 4.78 is 0. The van der Waals surface area contributed by atoms with Gasteiger partial charge in [0, 0.05) is 12.1 Å². The Morgan fingerprint density at radius 2 is 2.08 bits per heavy atom. The molecule has 0 fully saturated rings. The van der Waals surface area contributed by atoms with Crippen molar-refractivity contribution in [1.82, 2.24) is 5.32 Å². The number of hydrogen-bond donors (Lipinski definition) is 2. The van der Waals surface area contributed by atoms with Gasteiger partial charge in [-0.1, -0.05) is 19.2 Å². The number of hydrogen-bond acceptors (Lipinski definition) is 2. The largest absolute Gasteiger partial charge is 0.366 e. The van der Waals surface area contributed by atoms with E-state index in [1.54, 1.807) is 12.2 Å². The number of likely N-dealkylation sites (N-methyl/N-ethyl adjacent to an activating group) is 1. The molecule has 1 amide bonds. The van der Waals surface area contributed by atoms with Crippen LogP contribution in [0.2, 0.25) is 0 Å². The quantitative estimate of drug-likeness (QED) is 0.457. The third-order valence-electron chi connectivity index (χ3n) is 1.24. The summed E-state index contributed by atoms with van der Waals surface area (Å²) in [7, 11) is 1.82. The second kappa shape index (κ2) is 5.32. The fourth-order valence-corrected chi connectivity index (χ4v) is 0.587. The van der Waals surface area contributed by atoms with Crippen LogP contribution in [0.1, 0.15) is 0 Å². The van der Waals surface area contributed by atoms with Crippen LogP contribution < -0.4 is 11.1 Å². The molecule has 0 aromatic rings. The van der Waals surface area contributed by atoms with Gasteiger partial charge in [0.15, 0.2) is 0 Å². The summed E-state index contributed by atoms with van der Waals surface area (Å²) in [4.78, 5) is 10.5. The Morgan fingerprint density at radius 3 is 2.50 bits per heavy atom. The predicted molar refractivity (Wildman–Crippen MR) is 50.5 cm³/mol. The first kappa shape index (κ1) is 10.7. The first-order valence-electron chi connectivity index (χ1n) is 3.57. The van der Waals surface area contributed by atoms with E-state index in [2.05, 4.69) is 18.5 Å². The molecule has 0 rings (SSSR count). The van der Waals surface area contributed by atoms with Crippen LogP contribution in [0.25, 0.3) is 0 Å². The lowest BCUT2D eigenvalue weighted by Crippen LogP contribution is -2.12. The smallest absolute Gasteiger partial charge is 0.248 e. The van der Waals surface area contributed by atoms with Crippen molar-refractivity contribution >= 4 is 5.91 Å². The molecule has 0 unspecified atom stereocenters. The van der Waals surface area contributed by atoms with Crippen LogP contribution >= 0.6 is 0 Å². The van der Waals surface area contributed by atoms with Gasteiger partial charge in [-0.05, 0) is 18.7 Å². The average molecular weight is 166 g/mol. The first-order chi connectivity index (χ1) is 5.57. The van der Waals surface area contributed by atoms with E-state index >= 15 is 0 Å². The highest BCUT2D eigenvalue weighted by Crippen LogP contribution is 1.96. The molecule has 0 atom stereocenters. The van der Waals surface area contributed by atoms with Crippen LogP contribution in [0, 0.1) is 0 Å². The molecule has 0 aliphatic heterocycles. The minimum atomic E-state index is -0.511.